The lowest BCUT2D eigenvalue weighted by Gasteiger charge is -2.12. The fraction of sp³-hybridized carbons (Fsp3) is 0.417. The number of methoxy groups -OCH3 is 1. The quantitative estimate of drug-likeness (QED) is 0.827. The Hall–Kier alpha value is -1.40. The Kier molecular flexibility index (Phi) is 4.86. The molecule has 18 heavy (non-hydrogen) atoms. The third-order valence-electron chi connectivity index (χ3n) is 2.44. The van der Waals surface area contributed by atoms with E-state index in [-0.39, 0.29) is 18.6 Å². The van der Waals surface area contributed by atoms with Crippen molar-refractivity contribution in [3.05, 3.63) is 35.4 Å². The molecule has 0 aliphatic carbocycles. The summed E-state index contributed by atoms with van der Waals surface area (Å²) in [4.78, 5) is 11.8. The van der Waals surface area contributed by atoms with Crippen LogP contribution in [0.2, 0.25) is 0 Å². The van der Waals surface area contributed by atoms with Crippen LogP contribution in [0.3, 0.4) is 0 Å². The molecule has 0 aromatic heterocycles. The molecule has 0 saturated heterocycles. The Balaban J connectivity index is 2.87. The van der Waals surface area contributed by atoms with Gasteiger partial charge in [0.15, 0.2) is 5.78 Å². The van der Waals surface area contributed by atoms with E-state index in [0.717, 1.165) is 12.1 Å². The highest BCUT2D eigenvalue weighted by atomic mass is 19.4. The van der Waals surface area contributed by atoms with Crippen LogP contribution in [-0.4, -0.2) is 25.5 Å². The van der Waals surface area contributed by atoms with Crippen molar-refractivity contribution in [2.75, 3.05) is 13.7 Å². The molecule has 1 unspecified atom stereocenters. The van der Waals surface area contributed by atoms with Crippen LogP contribution in [0, 0.1) is 0 Å². The highest BCUT2D eigenvalue weighted by Crippen LogP contribution is 2.29. The van der Waals surface area contributed by atoms with Crippen molar-refractivity contribution in [1.29, 1.82) is 0 Å². The Labute approximate surface area is 103 Å². The summed E-state index contributed by atoms with van der Waals surface area (Å²) < 4.78 is 42.2. The SMILES string of the molecule is COCCC(N)C(=O)c1cccc(C(F)(F)F)c1. The van der Waals surface area contributed by atoms with Gasteiger partial charge in [0.05, 0.1) is 11.6 Å². The maximum absolute atomic E-state index is 12.5. The van der Waals surface area contributed by atoms with E-state index in [0.29, 0.717) is 0 Å². The van der Waals surface area contributed by atoms with Gasteiger partial charge in [-0.15, -0.1) is 0 Å². The third-order valence-corrected chi connectivity index (χ3v) is 2.44. The minimum atomic E-state index is -4.47. The lowest BCUT2D eigenvalue weighted by atomic mass is 10.0. The maximum atomic E-state index is 12.5. The predicted octanol–water partition coefficient (Wildman–Crippen LogP) is 2.25. The van der Waals surface area contributed by atoms with Crippen LogP contribution in [0.25, 0.3) is 0 Å². The molecule has 3 nitrogen and oxygen atoms in total. The van der Waals surface area contributed by atoms with Gasteiger partial charge in [-0.1, -0.05) is 12.1 Å². The fourth-order valence-electron chi connectivity index (χ4n) is 1.44. The number of halogens is 3. The van der Waals surface area contributed by atoms with Crippen LogP contribution in [-0.2, 0) is 10.9 Å². The Morgan fingerprint density at radius 1 is 1.44 bits per heavy atom. The number of hydrogen-bond donors (Lipinski definition) is 1. The molecule has 1 atom stereocenters. The van der Waals surface area contributed by atoms with Crippen molar-refractivity contribution < 1.29 is 22.7 Å². The van der Waals surface area contributed by atoms with E-state index in [2.05, 4.69) is 0 Å². The van der Waals surface area contributed by atoms with Crippen molar-refractivity contribution in [3.63, 3.8) is 0 Å². The van der Waals surface area contributed by atoms with E-state index in [9.17, 15) is 18.0 Å². The number of nitrogens with two attached hydrogens (primary N) is 1. The molecule has 0 aliphatic heterocycles. The number of alkyl halides is 3. The van der Waals surface area contributed by atoms with Gasteiger partial charge in [-0.3, -0.25) is 4.79 Å². The van der Waals surface area contributed by atoms with Gasteiger partial charge in [-0.25, -0.2) is 0 Å². The van der Waals surface area contributed by atoms with Gasteiger partial charge < -0.3 is 10.5 Å². The number of rotatable bonds is 5. The number of ether oxygens (including phenoxy) is 1. The van der Waals surface area contributed by atoms with Gasteiger partial charge in [-0.2, -0.15) is 13.2 Å². The predicted molar refractivity (Wildman–Crippen MR) is 60.2 cm³/mol. The van der Waals surface area contributed by atoms with Gasteiger partial charge >= 0.3 is 6.18 Å². The summed E-state index contributed by atoms with van der Waals surface area (Å²) in [5.74, 6) is -0.516. The second-order valence-electron chi connectivity index (χ2n) is 3.83. The Morgan fingerprint density at radius 3 is 2.67 bits per heavy atom. The molecular formula is C12H14F3NO2. The van der Waals surface area contributed by atoms with E-state index >= 15 is 0 Å². The summed E-state index contributed by atoms with van der Waals surface area (Å²) in [6.45, 7) is 0.284. The van der Waals surface area contributed by atoms with Crippen molar-refractivity contribution in [1.82, 2.24) is 0 Å². The van der Waals surface area contributed by atoms with Gasteiger partial charge in [0.2, 0.25) is 0 Å². The topological polar surface area (TPSA) is 52.3 Å². The number of Topliss-reactive ketones (excluding diaryl/α,β-unsaturated/α-hetero) is 1. The molecule has 0 fully saturated rings. The molecule has 100 valence electrons. The first kappa shape index (κ1) is 14.7. The van der Waals surface area contributed by atoms with Gasteiger partial charge in [0, 0.05) is 19.3 Å². The highest BCUT2D eigenvalue weighted by Gasteiger charge is 2.31. The molecule has 0 radical (unpaired) electrons. The standard InChI is InChI=1S/C12H14F3NO2/c1-18-6-5-10(16)11(17)8-3-2-4-9(7-8)12(13,14)15/h2-4,7,10H,5-6,16H2,1H3. The number of carbonyl (C=O) groups is 1. The molecule has 0 spiro atoms. The van der Waals surface area contributed by atoms with Crippen molar-refractivity contribution in [3.8, 4) is 0 Å². The molecule has 1 aromatic carbocycles. The first-order valence-corrected chi connectivity index (χ1v) is 5.32. The first-order valence-electron chi connectivity index (χ1n) is 5.32. The normalized spacial score (nSPS) is 13.4. The van der Waals surface area contributed by atoms with Gasteiger partial charge in [0.1, 0.15) is 0 Å². The van der Waals surface area contributed by atoms with Gasteiger partial charge in [-0.05, 0) is 18.6 Å². The molecule has 0 heterocycles. The summed E-state index contributed by atoms with van der Waals surface area (Å²) in [5, 5.41) is 0. The van der Waals surface area contributed by atoms with Crippen molar-refractivity contribution >= 4 is 5.78 Å². The van der Waals surface area contributed by atoms with Crippen LogP contribution in [0.5, 0.6) is 0 Å². The Morgan fingerprint density at radius 2 is 2.11 bits per heavy atom. The van der Waals surface area contributed by atoms with Crippen LogP contribution in [0.1, 0.15) is 22.3 Å². The molecule has 0 saturated carbocycles. The van der Waals surface area contributed by atoms with Crippen LogP contribution in [0.4, 0.5) is 13.2 Å². The molecule has 0 amide bonds. The van der Waals surface area contributed by atoms with Crippen LogP contribution in [0.15, 0.2) is 24.3 Å². The zero-order chi connectivity index (χ0) is 13.8. The fourth-order valence-corrected chi connectivity index (χ4v) is 1.44. The molecule has 1 rings (SSSR count). The average molecular weight is 261 g/mol. The van der Waals surface area contributed by atoms with Crippen molar-refractivity contribution in [2.45, 2.75) is 18.6 Å². The number of hydrogen-bond acceptors (Lipinski definition) is 3. The zero-order valence-corrected chi connectivity index (χ0v) is 9.83. The molecule has 6 heteroatoms. The second kappa shape index (κ2) is 5.97. The lowest BCUT2D eigenvalue weighted by Crippen LogP contribution is -2.31. The molecule has 0 bridgehead atoms. The van der Waals surface area contributed by atoms with E-state index in [4.69, 9.17) is 10.5 Å². The van der Waals surface area contributed by atoms with Crippen LogP contribution < -0.4 is 5.73 Å². The Bertz CT molecular complexity index is 418. The largest absolute Gasteiger partial charge is 0.416 e. The first-order chi connectivity index (χ1) is 8.36. The third kappa shape index (κ3) is 3.82. The molecule has 2 N–H and O–H groups in total. The smallest absolute Gasteiger partial charge is 0.385 e. The highest BCUT2D eigenvalue weighted by molar-refractivity contribution is 6.00. The maximum Gasteiger partial charge on any atom is 0.416 e. The van der Waals surface area contributed by atoms with Crippen molar-refractivity contribution in [2.24, 2.45) is 5.73 Å². The number of carbonyl (C=O) groups excluding carboxylic acids is 1. The number of ketones is 1. The summed E-state index contributed by atoms with van der Waals surface area (Å²) in [6.07, 6.45) is -4.20. The van der Waals surface area contributed by atoms with E-state index < -0.39 is 23.6 Å². The second-order valence-corrected chi connectivity index (χ2v) is 3.83. The summed E-state index contributed by atoms with van der Waals surface area (Å²) in [5.41, 5.74) is 4.70. The summed E-state index contributed by atoms with van der Waals surface area (Å²) in [7, 11) is 1.46. The average Bonchev–Trinajstić information content (AvgIpc) is 2.34. The van der Waals surface area contributed by atoms with Gasteiger partial charge in [0.25, 0.3) is 0 Å². The van der Waals surface area contributed by atoms with E-state index in [1.54, 1.807) is 0 Å². The molecular weight excluding hydrogens is 247 g/mol. The van der Waals surface area contributed by atoms with E-state index in [1.165, 1.54) is 19.2 Å². The minimum Gasteiger partial charge on any atom is -0.385 e. The zero-order valence-electron chi connectivity index (χ0n) is 9.83. The van der Waals surface area contributed by atoms with E-state index in [1.807, 2.05) is 0 Å². The molecule has 1 aromatic rings. The number of benzene rings is 1. The summed E-state index contributed by atoms with van der Waals surface area (Å²) >= 11 is 0. The molecule has 0 aliphatic rings. The lowest BCUT2D eigenvalue weighted by molar-refractivity contribution is -0.137. The minimum absolute atomic E-state index is 0.0339. The summed E-state index contributed by atoms with van der Waals surface area (Å²) in [6, 6.07) is 3.39. The monoisotopic (exact) mass is 261 g/mol. The van der Waals surface area contributed by atoms with Crippen LogP contribution >= 0.6 is 0 Å².